The zero-order valence-electron chi connectivity index (χ0n) is 11.1. The summed E-state index contributed by atoms with van der Waals surface area (Å²) in [5.41, 5.74) is 4.10. The average molecular weight is 266 g/mol. The van der Waals surface area contributed by atoms with Crippen LogP contribution in [-0.2, 0) is 7.05 Å². The third kappa shape index (κ3) is 1.63. The van der Waals surface area contributed by atoms with Gasteiger partial charge in [0.1, 0.15) is 16.5 Å². The Morgan fingerprint density at radius 2 is 2.25 bits per heavy atom. The van der Waals surface area contributed by atoms with Crippen molar-refractivity contribution < 1.29 is 0 Å². The van der Waals surface area contributed by atoms with Gasteiger partial charge in [0.25, 0.3) is 5.56 Å². The normalized spacial score (nSPS) is 15.2. The number of aromatic nitrogens is 4. The van der Waals surface area contributed by atoms with Crippen LogP contribution < -0.4 is 16.4 Å². The van der Waals surface area contributed by atoms with E-state index in [9.17, 15) is 4.79 Å². The fourth-order valence-corrected chi connectivity index (χ4v) is 2.52. The third-order valence-corrected chi connectivity index (χ3v) is 3.74. The lowest BCUT2D eigenvalue weighted by Gasteiger charge is -1.88. The highest BCUT2D eigenvalue weighted by Crippen LogP contribution is 2.26. The van der Waals surface area contributed by atoms with Crippen molar-refractivity contribution in [3.63, 3.8) is 0 Å². The van der Waals surface area contributed by atoms with Gasteiger partial charge in [-0.1, -0.05) is 0 Å². The highest BCUT2D eigenvalue weighted by Gasteiger charge is 2.15. The molecule has 1 fully saturated rings. The number of imidazole rings is 1. The molecule has 100 valence electrons. The summed E-state index contributed by atoms with van der Waals surface area (Å²) in [4.78, 5) is 22.9. The highest BCUT2D eigenvalue weighted by molar-refractivity contribution is 5.85. The van der Waals surface area contributed by atoms with Gasteiger partial charge < -0.3 is 9.97 Å². The van der Waals surface area contributed by atoms with E-state index < -0.39 is 0 Å². The van der Waals surface area contributed by atoms with Crippen LogP contribution in [0.3, 0.4) is 0 Å². The first-order chi connectivity index (χ1) is 9.74. The summed E-state index contributed by atoms with van der Waals surface area (Å²) in [6, 6.07) is 3.89. The first-order valence-corrected chi connectivity index (χ1v) is 6.65. The second-order valence-electron chi connectivity index (χ2n) is 5.14. The largest absolute Gasteiger partial charge is 0.346 e. The molecule has 1 aliphatic carbocycles. The van der Waals surface area contributed by atoms with E-state index in [2.05, 4.69) is 15.0 Å². The van der Waals surface area contributed by atoms with E-state index in [0.717, 1.165) is 34.9 Å². The number of rotatable bonds is 1. The Labute approximate surface area is 114 Å². The molecule has 0 amide bonds. The minimum atomic E-state index is 0.0117. The van der Waals surface area contributed by atoms with Crippen LogP contribution in [0.4, 0.5) is 0 Å². The second-order valence-corrected chi connectivity index (χ2v) is 5.14. The molecular formula is C15H14N4O. The van der Waals surface area contributed by atoms with Gasteiger partial charge in [-0.05, 0) is 36.6 Å². The van der Waals surface area contributed by atoms with Crippen LogP contribution in [0.1, 0.15) is 18.4 Å². The zero-order valence-corrected chi connectivity index (χ0v) is 11.1. The summed E-state index contributed by atoms with van der Waals surface area (Å²) in [5, 5.41) is 1.64. The minimum Gasteiger partial charge on any atom is -0.346 e. The van der Waals surface area contributed by atoms with Gasteiger partial charge in [0, 0.05) is 30.4 Å². The topological polar surface area (TPSA) is 66.5 Å². The van der Waals surface area contributed by atoms with Gasteiger partial charge in [-0.2, -0.15) is 0 Å². The molecule has 3 aromatic rings. The summed E-state index contributed by atoms with van der Waals surface area (Å²) in [6.07, 6.45) is 7.68. The first kappa shape index (κ1) is 11.3. The highest BCUT2D eigenvalue weighted by atomic mass is 16.1. The number of fused-ring (bicyclic) bond motifs is 1. The number of aromatic amines is 2. The number of H-pyrrole nitrogens is 2. The van der Waals surface area contributed by atoms with Crippen molar-refractivity contribution in [3.8, 4) is 0 Å². The fraction of sp³-hybridized carbons (Fsp3) is 0.200. The van der Waals surface area contributed by atoms with E-state index in [4.69, 9.17) is 0 Å². The smallest absolute Gasteiger partial charge is 0.275 e. The quantitative estimate of drug-likeness (QED) is 0.668. The summed E-state index contributed by atoms with van der Waals surface area (Å²) in [5.74, 6) is 0. The van der Waals surface area contributed by atoms with E-state index in [1.165, 1.54) is 5.57 Å². The molecule has 0 unspecified atom stereocenters. The van der Waals surface area contributed by atoms with Gasteiger partial charge in [0.15, 0.2) is 0 Å². The van der Waals surface area contributed by atoms with Gasteiger partial charge in [0.2, 0.25) is 0 Å². The zero-order chi connectivity index (χ0) is 13.7. The molecule has 3 heterocycles. The lowest BCUT2D eigenvalue weighted by Crippen LogP contribution is -2.28. The molecule has 5 nitrogen and oxygen atoms in total. The van der Waals surface area contributed by atoms with Gasteiger partial charge in [0.05, 0.1) is 0 Å². The van der Waals surface area contributed by atoms with Crippen LogP contribution in [0, 0.1) is 0 Å². The van der Waals surface area contributed by atoms with E-state index in [-0.39, 0.29) is 5.56 Å². The molecule has 0 aromatic carbocycles. The molecule has 1 saturated carbocycles. The second kappa shape index (κ2) is 3.96. The molecule has 0 saturated heterocycles. The minimum absolute atomic E-state index is 0.0117. The predicted octanol–water partition coefficient (Wildman–Crippen LogP) is 0.363. The maximum absolute atomic E-state index is 12.2. The molecule has 4 rings (SSSR count). The van der Waals surface area contributed by atoms with Crippen LogP contribution in [0.15, 0.2) is 29.3 Å². The van der Waals surface area contributed by atoms with Gasteiger partial charge >= 0.3 is 0 Å². The number of nitrogens with zero attached hydrogens (tertiary/aromatic N) is 2. The summed E-state index contributed by atoms with van der Waals surface area (Å²) in [7, 11) is 1.81. The van der Waals surface area contributed by atoms with Crippen molar-refractivity contribution in [2.45, 2.75) is 12.8 Å². The molecular weight excluding hydrogens is 252 g/mol. The first-order valence-electron chi connectivity index (χ1n) is 6.65. The van der Waals surface area contributed by atoms with Gasteiger partial charge in [-0.25, -0.2) is 4.98 Å². The van der Waals surface area contributed by atoms with Crippen molar-refractivity contribution in [1.29, 1.82) is 0 Å². The van der Waals surface area contributed by atoms with Gasteiger partial charge in [-0.15, -0.1) is 0 Å². The Bertz CT molecular complexity index is 981. The Morgan fingerprint density at radius 3 is 3.05 bits per heavy atom. The summed E-state index contributed by atoms with van der Waals surface area (Å²) in [6.45, 7) is 0. The van der Waals surface area contributed by atoms with Crippen LogP contribution >= 0.6 is 0 Å². The Hall–Kier alpha value is -2.56. The maximum Gasteiger partial charge on any atom is 0.275 e. The number of pyridine rings is 1. The van der Waals surface area contributed by atoms with Crippen LogP contribution in [-0.4, -0.2) is 19.5 Å². The fourth-order valence-electron chi connectivity index (χ4n) is 2.52. The molecule has 0 bridgehead atoms. The molecule has 0 atom stereocenters. The van der Waals surface area contributed by atoms with Gasteiger partial charge in [-0.3, -0.25) is 9.36 Å². The van der Waals surface area contributed by atoms with E-state index in [0.29, 0.717) is 5.35 Å². The van der Waals surface area contributed by atoms with E-state index in [1.54, 1.807) is 10.8 Å². The molecule has 5 heteroatoms. The molecule has 0 spiro atoms. The molecule has 20 heavy (non-hydrogen) atoms. The van der Waals surface area contributed by atoms with E-state index >= 15 is 0 Å². The third-order valence-electron chi connectivity index (χ3n) is 3.74. The Balaban J connectivity index is 2.00. The molecule has 0 aliphatic heterocycles. The number of nitrogens with one attached hydrogen (secondary N) is 2. The molecule has 2 N–H and O–H groups in total. The van der Waals surface area contributed by atoms with Crippen molar-refractivity contribution in [1.82, 2.24) is 19.5 Å². The summed E-state index contributed by atoms with van der Waals surface area (Å²) < 4.78 is 1.70. The SMILES string of the molecule is Cn1c(=C2CC2)[nH]c(=Cc2c[nH]c3ncccc23)c1=O. The van der Waals surface area contributed by atoms with Crippen molar-refractivity contribution >= 4 is 22.7 Å². The lowest BCUT2D eigenvalue weighted by molar-refractivity contribution is 0.835. The average Bonchev–Trinajstić information content (AvgIpc) is 3.18. The van der Waals surface area contributed by atoms with Crippen LogP contribution in [0.2, 0.25) is 0 Å². The maximum atomic E-state index is 12.2. The van der Waals surface area contributed by atoms with Crippen molar-refractivity contribution in [2.24, 2.45) is 7.05 Å². The Kier molecular flexibility index (Phi) is 2.24. The molecule has 3 aromatic heterocycles. The predicted molar refractivity (Wildman–Crippen MR) is 77.6 cm³/mol. The van der Waals surface area contributed by atoms with Crippen molar-refractivity contribution in [2.75, 3.05) is 0 Å². The molecule has 1 aliphatic rings. The monoisotopic (exact) mass is 266 g/mol. The number of hydrogen-bond donors (Lipinski definition) is 2. The lowest BCUT2D eigenvalue weighted by atomic mass is 10.2. The van der Waals surface area contributed by atoms with Crippen LogP contribution in [0.25, 0.3) is 22.7 Å². The number of hydrogen-bond acceptors (Lipinski definition) is 2. The Morgan fingerprint density at radius 1 is 1.40 bits per heavy atom. The molecule has 0 radical (unpaired) electrons. The standard InChI is InChI=1S/C15H14N4O/c1-19-14(9-4-5-9)18-12(15(19)20)7-10-8-17-13-11(10)3-2-6-16-13/h2-3,6-8,18H,4-5H2,1H3,(H,16,17). The van der Waals surface area contributed by atoms with Crippen LogP contribution in [0.5, 0.6) is 0 Å². The van der Waals surface area contributed by atoms with Crippen molar-refractivity contribution in [3.05, 3.63) is 51.3 Å². The summed E-state index contributed by atoms with van der Waals surface area (Å²) >= 11 is 0. The van der Waals surface area contributed by atoms with E-state index in [1.807, 2.05) is 31.5 Å².